The molecular formula is C18H16FN3. The molecule has 0 radical (unpaired) electrons. The third kappa shape index (κ3) is 1.95. The Hall–Kier alpha value is -2.49. The average Bonchev–Trinajstić information content (AvgIpc) is 2.56. The van der Waals surface area contributed by atoms with Gasteiger partial charge in [-0.15, -0.1) is 0 Å². The summed E-state index contributed by atoms with van der Waals surface area (Å²) < 4.78 is 14.9. The lowest BCUT2D eigenvalue weighted by Gasteiger charge is -2.32. The van der Waals surface area contributed by atoms with Crippen LogP contribution in [0.3, 0.4) is 0 Å². The topological polar surface area (TPSA) is 29.0 Å². The number of aromatic nitrogens is 2. The van der Waals surface area contributed by atoms with Crippen LogP contribution in [0.1, 0.15) is 17.7 Å². The van der Waals surface area contributed by atoms with Crippen LogP contribution in [0.25, 0.3) is 10.9 Å². The van der Waals surface area contributed by atoms with E-state index in [0.29, 0.717) is 11.4 Å². The standard InChI is InChI=1S/C18H16FN3/c1-12-17(19)18(14-6-2-3-7-15(14)21-12)22-10-4-5-13-11-20-9-8-16(13)22/h2-3,6-9,11H,4-5,10H2,1H3. The number of para-hydroxylation sites is 1. The molecule has 22 heavy (non-hydrogen) atoms. The predicted octanol–water partition coefficient (Wildman–Crippen LogP) is 4.16. The van der Waals surface area contributed by atoms with Gasteiger partial charge in [0, 0.05) is 30.0 Å². The minimum absolute atomic E-state index is 0.233. The molecule has 1 aliphatic heterocycles. The third-order valence-electron chi connectivity index (χ3n) is 4.24. The summed E-state index contributed by atoms with van der Waals surface area (Å²) in [6.07, 6.45) is 5.64. The minimum atomic E-state index is -0.233. The number of aryl methyl sites for hydroxylation is 2. The van der Waals surface area contributed by atoms with Gasteiger partial charge in [0.05, 0.1) is 16.9 Å². The maximum absolute atomic E-state index is 14.9. The molecule has 0 bridgehead atoms. The highest BCUT2D eigenvalue weighted by Gasteiger charge is 2.24. The first-order valence-corrected chi connectivity index (χ1v) is 7.51. The molecule has 110 valence electrons. The van der Waals surface area contributed by atoms with Crippen molar-refractivity contribution in [3.8, 4) is 0 Å². The highest BCUT2D eigenvalue weighted by Crippen LogP contribution is 2.38. The zero-order valence-corrected chi connectivity index (χ0v) is 12.4. The van der Waals surface area contributed by atoms with E-state index in [2.05, 4.69) is 14.9 Å². The second kappa shape index (κ2) is 5.05. The molecular weight excluding hydrogens is 277 g/mol. The van der Waals surface area contributed by atoms with E-state index in [0.717, 1.165) is 36.0 Å². The number of anilines is 2. The first-order valence-electron chi connectivity index (χ1n) is 7.51. The van der Waals surface area contributed by atoms with Crippen LogP contribution in [-0.4, -0.2) is 16.5 Å². The number of halogens is 1. The van der Waals surface area contributed by atoms with Gasteiger partial charge in [0.1, 0.15) is 0 Å². The molecule has 0 saturated carbocycles. The number of fused-ring (bicyclic) bond motifs is 2. The Labute approximate surface area is 128 Å². The molecule has 0 atom stereocenters. The van der Waals surface area contributed by atoms with Gasteiger partial charge in [0.15, 0.2) is 5.82 Å². The number of hydrogen-bond acceptors (Lipinski definition) is 3. The van der Waals surface area contributed by atoms with Gasteiger partial charge in [-0.1, -0.05) is 18.2 Å². The normalized spacial score (nSPS) is 14.2. The fourth-order valence-corrected chi connectivity index (χ4v) is 3.21. The quantitative estimate of drug-likeness (QED) is 0.674. The average molecular weight is 293 g/mol. The highest BCUT2D eigenvalue weighted by molar-refractivity contribution is 5.94. The molecule has 4 rings (SSSR count). The molecule has 0 aliphatic carbocycles. The lowest BCUT2D eigenvalue weighted by molar-refractivity contribution is 0.607. The summed E-state index contributed by atoms with van der Waals surface area (Å²) >= 11 is 0. The van der Waals surface area contributed by atoms with Crippen molar-refractivity contribution in [3.63, 3.8) is 0 Å². The van der Waals surface area contributed by atoms with Gasteiger partial charge in [0.25, 0.3) is 0 Å². The third-order valence-corrected chi connectivity index (χ3v) is 4.24. The molecule has 1 aliphatic rings. The molecule has 1 aromatic carbocycles. The molecule has 2 aromatic heterocycles. The number of pyridine rings is 2. The molecule has 0 unspecified atom stereocenters. The monoisotopic (exact) mass is 293 g/mol. The lowest BCUT2D eigenvalue weighted by Crippen LogP contribution is -2.26. The summed E-state index contributed by atoms with van der Waals surface area (Å²) in [5, 5.41) is 0.857. The fraction of sp³-hybridized carbons (Fsp3) is 0.222. The second-order valence-electron chi connectivity index (χ2n) is 5.64. The molecule has 4 heteroatoms. The van der Waals surface area contributed by atoms with Crippen molar-refractivity contribution in [3.05, 3.63) is 59.8 Å². The molecule has 0 amide bonds. The van der Waals surface area contributed by atoms with Crippen molar-refractivity contribution >= 4 is 22.3 Å². The van der Waals surface area contributed by atoms with E-state index in [1.165, 1.54) is 5.56 Å². The zero-order chi connectivity index (χ0) is 15.1. The Morgan fingerprint density at radius 3 is 2.95 bits per heavy atom. The molecule has 0 N–H and O–H groups in total. The van der Waals surface area contributed by atoms with Gasteiger partial charge in [-0.25, -0.2) is 9.37 Å². The first kappa shape index (κ1) is 13.2. The number of rotatable bonds is 1. The second-order valence-corrected chi connectivity index (χ2v) is 5.64. The molecule has 0 saturated heterocycles. The van der Waals surface area contributed by atoms with Crippen LogP contribution in [0.2, 0.25) is 0 Å². The molecule has 3 nitrogen and oxygen atoms in total. The summed E-state index contributed by atoms with van der Waals surface area (Å²) in [7, 11) is 0. The summed E-state index contributed by atoms with van der Waals surface area (Å²) in [5.74, 6) is -0.233. The molecule has 0 fully saturated rings. The number of benzene rings is 1. The van der Waals surface area contributed by atoms with E-state index in [1.54, 1.807) is 13.1 Å². The lowest BCUT2D eigenvalue weighted by atomic mass is 10.0. The highest BCUT2D eigenvalue weighted by atomic mass is 19.1. The summed E-state index contributed by atoms with van der Waals surface area (Å²) in [6, 6.07) is 9.71. The Morgan fingerprint density at radius 2 is 2.05 bits per heavy atom. The smallest absolute Gasteiger partial charge is 0.168 e. The van der Waals surface area contributed by atoms with Crippen molar-refractivity contribution in [2.75, 3.05) is 11.4 Å². The number of nitrogens with zero attached hydrogens (tertiary/aromatic N) is 3. The van der Waals surface area contributed by atoms with E-state index >= 15 is 0 Å². The van der Waals surface area contributed by atoms with E-state index < -0.39 is 0 Å². The molecule has 0 spiro atoms. The van der Waals surface area contributed by atoms with Crippen LogP contribution in [0.5, 0.6) is 0 Å². The van der Waals surface area contributed by atoms with Gasteiger partial charge >= 0.3 is 0 Å². The maximum Gasteiger partial charge on any atom is 0.168 e. The van der Waals surface area contributed by atoms with Gasteiger partial charge in [0.2, 0.25) is 0 Å². The fourth-order valence-electron chi connectivity index (χ4n) is 3.21. The van der Waals surface area contributed by atoms with Crippen molar-refractivity contribution < 1.29 is 4.39 Å². The van der Waals surface area contributed by atoms with Crippen LogP contribution < -0.4 is 4.90 Å². The van der Waals surface area contributed by atoms with Gasteiger partial charge < -0.3 is 4.90 Å². The van der Waals surface area contributed by atoms with E-state index in [1.807, 2.05) is 36.5 Å². The largest absolute Gasteiger partial charge is 0.338 e. The Bertz CT molecular complexity index is 860. The van der Waals surface area contributed by atoms with Crippen LogP contribution in [0.4, 0.5) is 15.8 Å². The van der Waals surface area contributed by atoms with E-state index in [9.17, 15) is 4.39 Å². The maximum atomic E-state index is 14.9. The zero-order valence-electron chi connectivity index (χ0n) is 12.4. The van der Waals surface area contributed by atoms with Crippen molar-refractivity contribution in [1.29, 1.82) is 0 Å². The van der Waals surface area contributed by atoms with E-state index in [4.69, 9.17) is 0 Å². The van der Waals surface area contributed by atoms with Crippen LogP contribution in [-0.2, 0) is 6.42 Å². The van der Waals surface area contributed by atoms with Gasteiger partial charge in [-0.05, 0) is 37.5 Å². The first-order chi connectivity index (χ1) is 10.8. The molecule has 3 aromatic rings. The van der Waals surface area contributed by atoms with Crippen LogP contribution >= 0.6 is 0 Å². The SMILES string of the molecule is Cc1nc2ccccc2c(N2CCCc3cnccc32)c1F. The minimum Gasteiger partial charge on any atom is -0.338 e. The van der Waals surface area contributed by atoms with Crippen LogP contribution in [0, 0.1) is 12.7 Å². The summed E-state index contributed by atoms with van der Waals surface area (Å²) in [4.78, 5) is 10.6. The molecule has 3 heterocycles. The Kier molecular flexibility index (Phi) is 3.03. The van der Waals surface area contributed by atoms with Crippen molar-refractivity contribution in [2.45, 2.75) is 19.8 Å². The predicted molar refractivity (Wildman–Crippen MR) is 86.0 cm³/mol. The van der Waals surface area contributed by atoms with Crippen molar-refractivity contribution in [1.82, 2.24) is 9.97 Å². The van der Waals surface area contributed by atoms with Crippen LogP contribution in [0.15, 0.2) is 42.7 Å². The Morgan fingerprint density at radius 1 is 1.18 bits per heavy atom. The van der Waals surface area contributed by atoms with Gasteiger partial charge in [-0.2, -0.15) is 0 Å². The van der Waals surface area contributed by atoms with Gasteiger partial charge in [-0.3, -0.25) is 4.98 Å². The Balaban J connectivity index is 2.01. The summed E-state index contributed by atoms with van der Waals surface area (Å²) in [6.45, 7) is 2.53. The van der Waals surface area contributed by atoms with Crippen molar-refractivity contribution in [2.24, 2.45) is 0 Å². The summed E-state index contributed by atoms with van der Waals surface area (Å²) in [5.41, 5.74) is 4.13. The number of hydrogen-bond donors (Lipinski definition) is 0. The van der Waals surface area contributed by atoms with E-state index in [-0.39, 0.29) is 5.82 Å².